The summed E-state index contributed by atoms with van der Waals surface area (Å²) in [6, 6.07) is 10.3. The van der Waals surface area contributed by atoms with E-state index in [1.807, 2.05) is 24.3 Å². The van der Waals surface area contributed by atoms with Crippen LogP contribution in [0.25, 0.3) is 0 Å². The van der Waals surface area contributed by atoms with Gasteiger partial charge in [0.25, 0.3) is 0 Å². The molecule has 1 fully saturated rings. The summed E-state index contributed by atoms with van der Waals surface area (Å²) in [5.41, 5.74) is 7.15. The predicted octanol–water partition coefficient (Wildman–Crippen LogP) is 4.75. The lowest BCUT2D eigenvalue weighted by Gasteiger charge is -2.34. The van der Waals surface area contributed by atoms with Crippen molar-refractivity contribution >= 4 is 28.8 Å². The fourth-order valence-electron chi connectivity index (χ4n) is 3.72. The third-order valence-corrected chi connectivity index (χ3v) is 6.31. The van der Waals surface area contributed by atoms with E-state index in [0.29, 0.717) is 17.1 Å². The van der Waals surface area contributed by atoms with Crippen molar-refractivity contribution in [1.82, 2.24) is 4.90 Å². The first-order chi connectivity index (χ1) is 13.4. The summed E-state index contributed by atoms with van der Waals surface area (Å²) in [4.78, 5) is 3.82. The van der Waals surface area contributed by atoms with Gasteiger partial charge >= 0.3 is 6.18 Å². The quantitative estimate of drug-likeness (QED) is 0.582. The molecule has 0 aromatic heterocycles. The van der Waals surface area contributed by atoms with Crippen molar-refractivity contribution in [2.24, 2.45) is 5.73 Å². The third-order valence-electron chi connectivity index (χ3n) is 5.19. The van der Waals surface area contributed by atoms with Gasteiger partial charge in [-0.1, -0.05) is 23.9 Å². The van der Waals surface area contributed by atoms with Crippen LogP contribution in [-0.2, 0) is 6.18 Å². The third kappa shape index (κ3) is 4.09. The Balaban J connectivity index is 1.61. The summed E-state index contributed by atoms with van der Waals surface area (Å²) in [7, 11) is 0. The molecular weight excluding hydrogens is 385 g/mol. The molecule has 2 aromatic carbocycles. The molecule has 0 saturated carbocycles. The summed E-state index contributed by atoms with van der Waals surface area (Å²) in [6.07, 6.45) is -2.61. The molecule has 0 atom stereocenters. The average molecular weight is 408 g/mol. The summed E-state index contributed by atoms with van der Waals surface area (Å²) in [5, 5.41) is 6.71. The number of nitrogens with two attached hydrogens (primary N) is 1. The number of anilines is 3. The molecule has 0 spiro atoms. The van der Waals surface area contributed by atoms with Gasteiger partial charge in [0.1, 0.15) is 0 Å². The minimum Gasteiger partial charge on any atom is -0.380 e. The summed E-state index contributed by atoms with van der Waals surface area (Å²) < 4.78 is 40.4. The first-order valence-corrected chi connectivity index (χ1v) is 10.2. The van der Waals surface area contributed by atoms with E-state index in [-0.39, 0.29) is 6.04 Å². The molecule has 2 aromatic rings. The zero-order chi connectivity index (χ0) is 19.7. The maximum absolute atomic E-state index is 13.5. The zero-order valence-corrected chi connectivity index (χ0v) is 16.2. The Kier molecular flexibility index (Phi) is 5.44. The topological polar surface area (TPSA) is 53.3 Å². The Morgan fingerprint density at radius 2 is 1.89 bits per heavy atom. The predicted molar refractivity (Wildman–Crippen MR) is 107 cm³/mol. The SMILES string of the molecule is NCCN1CCC(Nc2cc(C(F)(F)F)cc3c2Nc2ccccc2S3)CC1. The van der Waals surface area contributed by atoms with E-state index in [2.05, 4.69) is 15.5 Å². The van der Waals surface area contributed by atoms with Crippen LogP contribution < -0.4 is 16.4 Å². The van der Waals surface area contributed by atoms with Crippen LogP contribution in [-0.4, -0.2) is 37.1 Å². The molecule has 1 saturated heterocycles. The fraction of sp³-hybridized carbons (Fsp3) is 0.400. The highest BCUT2D eigenvalue weighted by Crippen LogP contribution is 2.49. The van der Waals surface area contributed by atoms with Crippen LogP contribution >= 0.6 is 11.8 Å². The van der Waals surface area contributed by atoms with Gasteiger partial charge in [0.05, 0.1) is 22.6 Å². The highest BCUT2D eigenvalue weighted by molar-refractivity contribution is 7.99. The molecule has 4 nitrogen and oxygen atoms in total. The van der Waals surface area contributed by atoms with Crippen LogP contribution in [0.4, 0.5) is 30.2 Å². The number of para-hydroxylation sites is 1. The number of likely N-dealkylation sites (tertiary alicyclic amines) is 1. The molecule has 4 N–H and O–H groups in total. The Morgan fingerprint density at radius 1 is 1.14 bits per heavy atom. The molecule has 8 heteroatoms. The largest absolute Gasteiger partial charge is 0.416 e. The van der Waals surface area contributed by atoms with Crippen molar-refractivity contribution in [2.75, 3.05) is 36.8 Å². The number of benzene rings is 2. The molecule has 2 heterocycles. The van der Waals surface area contributed by atoms with Crippen LogP contribution in [0.3, 0.4) is 0 Å². The molecule has 2 aliphatic rings. The molecule has 0 aliphatic carbocycles. The Morgan fingerprint density at radius 3 is 2.61 bits per heavy atom. The van der Waals surface area contributed by atoms with E-state index in [9.17, 15) is 13.2 Å². The maximum atomic E-state index is 13.5. The average Bonchev–Trinajstić information content (AvgIpc) is 2.67. The first kappa shape index (κ1) is 19.4. The van der Waals surface area contributed by atoms with Crippen molar-refractivity contribution in [3.05, 3.63) is 42.0 Å². The van der Waals surface area contributed by atoms with E-state index in [1.54, 1.807) is 0 Å². The standard InChI is InChI=1S/C20H23F3N4S/c21-20(22,23)13-11-16(25-14-5-8-27(9-6-14)10-7-24)19-18(12-13)28-17-4-2-1-3-15(17)26-19/h1-4,11-12,14,25-26H,5-10,24H2. The van der Waals surface area contributed by atoms with Gasteiger partial charge in [-0.25, -0.2) is 0 Å². The molecule has 0 radical (unpaired) electrons. The number of nitrogens with zero attached hydrogens (tertiary/aromatic N) is 1. The molecule has 0 bridgehead atoms. The van der Waals surface area contributed by atoms with Crippen molar-refractivity contribution in [1.29, 1.82) is 0 Å². The van der Waals surface area contributed by atoms with Crippen LogP contribution in [0.2, 0.25) is 0 Å². The van der Waals surface area contributed by atoms with E-state index < -0.39 is 11.7 Å². The highest BCUT2D eigenvalue weighted by atomic mass is 32.2. The Bertz CT molecular complexity index is 848. The van der Waals surface area contributed by atoms with E-state index in [0.717, 1.165) is 48.7 Å². The van der Waals surface area contributed by atoms with Crippen molar-refractivity contribution in [3.8, 4) is 0 Å². The van der Waals surface area contributed by atoms with E-state index in [1.165, 1.54) is 23.9 Å². The number of piperidine rings is 1. The molecule has 2 aliphatic heterocycles. The molecule has 150 valence electrons. The zero-order valence-electron chi connectivity index (χ0n) is 15.4. The number of alkyl halides is 3. The second-order valence-corrected chi connectivity index (χ2v) is 8.25. The van der Waals surface area contributed by atoms with Crippen LogP contribution in [0.5, 0.6) is 0 Å². The Labute approximate surface area is 166 Å². The summed E-state index contributed by atoms with van der Waals surface area (Å²) >= 11 is 1.37. The van der Waals surface area contributed by atoms with Gasteiger partial charge in [-0.2, -0.15) is 13.2 Å². The number of nitrogens with one attached hydrogen (secondary N) is 2. The van der Waals surface area contributed by atoms with Crippen molar-refractivity contribution in [3.63, 3.8) is 0 Å². The lowest BCUT2D eigenvalue weighted by molar-refractivity contribution is -0.137. The van der Waals surface area contributed by atoms with Gasteiger partial charge in [0.2, 0.25) is 0 Å². The maximum Gasteiger partial charge on any atom is 0.416 e. The number of hydrogen-bond acceptors (Lipinski definition) is 5. The van der Waals surface area contributed by atoms with E-state index in [4.69, 9.17) is 5.73 Å². The van der Waals surface area contributed by atoms with Crippen LogP contribution in [0.15, 0.2) is 46.2 Å². The summed E-state index contributed by atoms with van der Waals surface area (Å²) in [5.74, 6) is 0. The van der Waals surface area contributed by atoms with Gasteiger partial charge in [-0.05, 0) is 37.1 Å². The van der Waals surface area contributed by atoms with Gasteiger partial charge in [0.15, 0.2) is 0 Å². The smallest absolute Gasteiger partial charge is 0.380 e. The molecule has 4 rings (SSSR count). The van der Waals surface area contributed by atoms with Crippen LogP contribution in [0, 0.1) is 0 Å². The fourth-order valence-corrected chi connectivity index (χ4v) is 4.78. The normalized spacial score (nSPS) is 17.6. The second-order valence-electron chi connectivity index (χ2n) is 7.17. The highest BCUT2D eigenvalue weighted by Gasteiger charge is 2.34. The number of halogens is 3. The number of rotatable bonds is 4. The second kappa shape index (κ2) is 7.85. The molecule has 0 unspecified atom stereocenters. The Hall–Kier alpha value is -1.90. The van der Waals surface area contributed by atoms with Gasteiger partial charge < -0.3 is 21.3 Å². The van der Waals surface area contributed by atoms with Gasteiger partial charge in [0, 0.05) is 42.0 Å². The van der Waals surface area contributed by atoms with Crippen LogP contribution in [0.1, 0.15) is 18.4 Å². The van der Waals surface area contributed by atoms with Crippen molar-refractivity contribution < 1.29 is 13.2 Å². The lowest BCUT2D eigenvalue weighted by atomic mass is 10.0. The number of hydrogen-bond donors (Lipinski definition) is 3. The minimum atomic E-state index is -4.38. The lowest BCUT2D eigenvalue weighted by Crippen LogP contribution is -2.41. The van der Waals surface area contributed by atoms with E-state index >= 15 is 0 Å². The monoisotopic (exact) mass is 408 g/mol. The van der Waals surface area contributed by atoms with Crippen molar-refractivity contribution in [2.45, 2.75) is 34.9 Å². The van der Waals surface area contributed by atoms with Gasteiger partial charge in [-0.3, -0.25) is 0 Å². The first-order valence-electron chi connectivity index (χ1n) is 9.42. The minimum absolute atomic E-state index is 0.144. The summed E-state index contributed by atoms with van der Waals surface area (Å²) in [6.45, 7) is 3.29. The van der Waals surface area contributed by atoms with Gasteiger partial charge in [-0.15, -0.1) is 0 Å². The molecular formula is C20H23F3N4S. The molecule has 0 amide bonds. The number of fused-ring (bicyclic) bond motifs is 2. The molecule has 28 heavy (non-hydrogen) atoms.